The van der Waals surface area contributed by atoms with Crippen molar-refractivity contribution in [1.29, 1.82) is 0 Å². The van der Waals surface area contributed by atoms with Gasteiger partial charge in [-0.2, -0.15) is 0 Å². The Balaban J connectivity index is 1.55. The van der Waals surface area contributed by atoms with E-state index >= 15 is 0 Å². The fourth-order valence-corrected chi connectivity index (χ4v) is 4.87. The molecule has 0 radical (unpaired) electrons. The number of carbonyl (C=O) groups is 1. The van der Waals surface area contributed by atoms with Crippen LogP contribution in [0.3, 0.4) is 0 Å². The van der Waals surface area contributed by atoms with Crippen molar-refractivity contribution in [1.82, 2.24) is 5.32 Å². The molecule has 0 aromatic carbocycles. The van der Waals surface area contributed by atoms with Crippen LogP contribution in [-0.4, -0.2) is 11.4 Å². The minimum atomic E-state index is 0.163. The van der Waals surface area contributed by atoms with Gasteiger partial charge in [0.15, 0.2) is 0 Å². The number of carbonyl (C=O) groups excluding carboxylic acids is 1. The monoisotopic (exact) mass is 235 g/mol. The third kappa shape index (κ3) is 1.90. The van der Waals surface area contributed by atoms with Crippen LogP contribution >= 0.6 is 0 Å². The maximum Gasteiger partial charge on any atom is 0.217 e. The van der Waals surface area contributed by atoms with Crippen molar-refractivity contribution < 1.29 is 4.79 Å². The lowest BCUT2D eigenvalue weighted by Gasteiger charge is -2.73. The topological polar surface area (TPSA) is 29.1 Å². The number of nitrogens with one attached hydrogen (secondary N) is 1. The smallest absolute Gasteiger partial charge is 0.217 e. The molecule has 0 unspecified atom stereocenters. The van der Waals surface area contributed by atoms with E-state index < -0.39 is 0 Å². The minimum absolute atomic E-state index is 0.163. The molecule has 0 aromatic rings. The van der Waals surface area contributed by atoms with Gasteiger partial charge in [0, 0.05) is 12.5 Å². The first-order chi connectivity index (χ1) is 8.14. The van der Waals surface area contributed by atoms with E-state index in [1.54, 1.807) is 6.92 Å². The Morgan fingerprint density at radius 3 is 2.06 bits per heavy atom. The fraction of sp³-hybridized carbons (Fsp3) is 0.933. The lowest BCUT2D eigenvalue weighted by molar-refractivity contribution is -0.196. The van der Waals surface area contributed by atoms with Crippen LogP contribution in [0.1, 0.15) is 71.1 Å². The largest absolute Gasteiger partial charge is 0.351 e. The average molecular weight is 235 g/mol. The molecule has 2 bridgehead atoms. The Bertz CT molecular complexity index is 295. The molecule has 0 aromatic heterocycles. The second-order valence-corrected chi connectivity index (χ2v) is 6.90. The molecule has 96 valence electrons. The molecule has 4 saturated carbocycles. The molecule has 4 aliphatic carbocycles. The predicted octanol–water partition coefficient (Wildman–Crippen LogP) is 3.41. The van der Waals surface area contributed by atoms with Gasteiger partial charge in [-0.1, -0.05) is 32.1 Å². The van der Waals surface area contributed by atoms with Gasteiger partial charge < -0.3 is 5.32 Å². The van der Waals surface area contributed by atoms with E-state index in [1.165, 1.54) is 64.2 Å². The number of rotatable bonds is 2. The number of amides is 1. The van der Waals surface area contributed by atoms with E-state index in [2.05, 4.69) is 5.32 Å². The molecule has 4 fully saturated rings. The first-order valence-electron chi connectivity index (χ1n) is 7.43. The van der Waals surface area contributed by atoms with Crippen LogP contribution in [0.2, 0.25) is 0 Å². The summed E-state index contributed by atoms with van der Waals surface area (Å²) in [5, 5.41) is 3.17. The van der Waals surface area contributed by atoms with Crippen LogP contribution in [0, 0.1) is 11.3 Å². The molecular formula is C15H25NO. The summed E-state index contributed by atoms with van der Waals surface area (Å²) < 4.78 is 0. The predicted molar refractivity (Wildman–Crippen MR) is 68.6 cm³/mol. The van der Waals surface area contributed by atoms with E-state index in [0.717, 1.165) is 5.92 Å². The quantitative estimate of drug-likeness (QED) is 0.781. The van der Waals surface area contributed by atoms with E-state index in [9.17, 15) is 4.79 Å². The molecule has 2 nitrogen and oxygen atoms in total. The van der Waals surface area contributed by atoms with Gasteiger partial charge >= 0.3 is 0 Å². The minimum Gasteiger partial charge on any atom is -0.351 e. The van der Waals surface area contributed by atoms with Gasteiger partial charge in [-0.05, 0) is 43.4 Å². The Labute approximate surface area is 105 Å². The average Bonchev–Trinajstić information content (AvgIpc) is 2.09. The SMILES string of the molecule is CC(=O)NC12CC(C3CCCCCCC3)(C1)C2. The summed E-state index contributed by atoms with van der Waals surface area (Å²) in [6.45, 7) is 1.66. The van der Waals surface area contributed by atoms with Gasteiger partial charge in [0.05, 0.1) is 0 Å². The number of hydrogen-bond donors (Lipinski definition) is 1. The molecule has 1 amide bonds. The van der Waals surface area contributed by atoms with Gasteiger partial charge in [0.2, 0.25) is 5.91 Å². The molecule has 0 saturated heterocycles. The summed E-state index contributed by atoms with van der Waals surface area (Å²) >= 11 is 0. The molecular weight excluding hydrogens is 210 g/mol. The second kappa shape index (κ2) is 4.00. The Morgan fingerprint density at radius 1 is 1.00 bits per heavy atom. The lowest BCUT2D eigenvalue weighted by Crippen LogP contribution is -2.76. The summed E-state index contributed by atoms with van der Waals surface area (Å²) in [6.07, 6.45) is 14.0. The van der Waals surface area contributed by atoms with Gasteiger partial charge in [-0.3, -0.25) is 4.79 Å². The summed E-state index contributed by atoms with van der Waals surface area (Å²) in [4.78, 5) is 11.1. The van der Waals surface area contributed by atoms with E-state index in [1.807, 2.05) is 0 Å². The Hall–Kier alpha value is -0.530. The molecule has 4 aliphatic rings. The zero-order chi connectivity index (χ0) is 11.9. The molecule has 1 N–H and O–H groups in total. The first kappa shape index (κ1) is 11.6. The third-order valence-corrected chi connectivity index (χ3v) is 5.48. The third-order valence-electron chi connectivity index (χ3n) is 5.48. The van der Waals surface area contributed by atoms with E-state index in [0.29, 0.717) is 5.41 Å². The van der Waals surface area contributed by atoms with E-state index in [-0.39, 0.29) is 11.4 Å². The summed E-state index contributed by atoms with van der Waals surface area (Å²) in [5.74, 6) is 1.13. The first-order valence-corrected chi connectivity index (χ1v) is 7.43. The molecule has 2 heteroatoms. The maximum absolute atomic E-state index is 11.1. The summed E-state index contributed by atoms with van der Waals surface area (Å²) in [6, 6.07) is 0. The van der Waals surface area contributed by atoms with Gasteiger partial charge in [-0.25, -0.2) is 0 Å². The molecule has 0 heterocycles. The number of hydrogen-bond acceptors (Lipinski definition) is 1. The van der Waals surface area contributed by atoms with Crippen LogP contribution in [0.25, 0.3) is 0 Å². The van der Waals surface area contributed by atoms with Gasteiger partial charge in [0.1, 0.15) is 0 Å². The molecule has 0 atom stereocenters. The molecule has 0 spiro atoms. The van der Waals surface area contributed by atoms with Crippen molar-refractivity contribution >= 4 is 5.91 Å². The van der Waals surface area contributed by atoms with Crippen molar-refractivity contribution in [2.24, 2.45) is 11.3 Å². The molecule has 4 rings (SSSR count). The maximum atomic E-state index is 11.1. The lowest BCUT2D eigenvalue weighted by atomic mass is 9.35. The normalized spacial score (nSPS) is 41.7. The van der Waals surface area contributed by atoms with Crippen LogP contribution < -0.4 is 5.32 Å². The summed E-state index contributed by atoms with van der Waals surface area (Å²) in [7, 11) is 0. The van der Waals surface area contributed by atoms with Crippen molar-refractivity contribution in [2.45, 2.75) is 76.7 Å². The zero-order valence-electron chi connectivity index (χ0n) is 11.1. The van der Waals surface area contributed by atoms with Gasteiger partial charge in [0.25, 0.3) is 0 Å². The van der Waals surface area contributed by atoms with Crippen molar-refractivity contribution in [2.75, 3.05) is 0 Å². The standard InChI is InChI=1S/C15H25NO/c1-12(17)16-15-9-14(10-15,11-15)13-7-5-3-2-4-6-8-13/h13H,2-11H2,1H3,(H,16,17). The highest BCUT2D eigenvalue weighted by Gasteiger charge is 2.70. The second-order valence-electron chi connectivity index (χ2n) is 6.90. The Kier molecular flexibility index (Phi) is 2.72. The highest BCUT2D eigenvalue weighted by molar-refractivity contribution is 5.74. The highest BCUT2D eigenvalue weighted by Crippen LogP contribution is 2.72. The molecule has 0 aliphatic heterocycles. The Morgan fingerprint density at radius 2 is 1.53 bits per heavy atom. The van der Waals surface area contributed by atoms with E-state index in [4.69, 9.17) is 0 Å². The molecule has 17 heavy (non-hydrogen) atoms. The fourth-order valence-electron chi connectivity index (χ4n) is 4.87. The van der Waals surface area contributed by atoms with Crippen molar-refractivity contribution in [3.05, 3.63) is 0 Å². The highest BCUT2D eigenvalue weighted by atomic mass is 16.1. The van der Waals surface area contributed by atoms with Crippen LogP contribution in [-0.2, 0) is 4.79 Å². The van der Waals surface area contributed by atoms with Crippen LogP contribution in [0.4, 0.5) is 0 Å². The summed E-state index contributed by atoms with van der Waals surface area (Å²) in [5.41, 5.74) is 0.897. The van der Waals surface area contributed by atoms with Gasteiger partial charge in [-0.15, -0.1) is 0 Å². The van der Waals surface area contributed by atoms with Crippen LogP contribution in [0.5, 0.6) is 0 Å². The van der Waals surface area contributed by atoms with Crippen molar-refractivity contribution in [3.63, 3.8) is 0 Å². The van der Waals surface area contributed by atoms with Crippen LogP contribution in [0.15, 0.2) is 0 Å². The van der Waals surface area contributed by atoms with Crippen molar-refractivity contribution in [3.8, 4) is 0 Å². The zero-order valence-corrected chi connectivity index (χ0v) is 11.1.